The molecule has 2 aromatic heterocycles. The highest BCUT2D eigenvalue weighted by Crippen LogP contribution is 2.42. The largest absolute Gasteiger partial charge is 0.394 e. The quantitative estimate of drug-likeness (QED) is 0.618. The molecule has 1 saturated heterocycles. The molecule has 128 valence electrons. The fourth-order valence-electron chi connectivity index (χ4n) is 3.32. The average molecular weight is 336 g/mol. The van der Waals surface area contributed by atoms with E-state index in [4.69, 9.17) is 4.74 Å². The Morgan fingerprint density at radius 2 is 2.29 bits per heavy atom. The Labute approximate surface area is 136 Å². The van der Waals surface area contributed by atoms with Crippen molar-refractivity contribution in [1.29, 1.82) is 0 Å². The molecule has 4 N–H and O–H groups in total. The minimum absolute atomic E-state index is 0.284. The molecule has 4 rings (SSSR count). The lowest BCUT2D eigenvalue weighted by Crippen LogP contribution is -2.44. The van der Waals surface area contributed by atoms with Gasteiger partial charge in [-0.05, 0) is 13.0 Å². The van der Waals surface area contributed by atoms with Gasteiger partial charge in [-0.25, -0.2) is 14.4 Å². The maximum atomic E-state index is 14.4. The molecule has 2 aliphatic heterocycles. The molecule has 2 aromatic rings. The van der Waals surface area contributed by atoms with Crippen LogP contribution in [0.3, 0.4) is 0 Å². The summed E-state index contributed by atoms with van der Waals surface area (Å²) in [5, 5.41) is 33.6. The number of ether oxygens (including phenoxy) is 1. The second-order valence-corrected chi connectivity index (χ2v) is 6.18. The van der Waals surface area contributed by atoms with Gasteiger partial charge in [-0.1, -0.05) is 0 Å². The molecule has 0 radical (unpaired) electrons. The van der Waals surface area contributed by atoms with Gasteiger partial charge < -0.3 is 29.9 Å². The summed E-state index contributed by atoms with van der Waals surface area (Å²) >= 11 is 0. The lowest BCUT2D eigenvalue weighted by atomic mass is 9.96. The molecule has 0 spiro atoms. The van der Waals surface area contributed by atoms with Crippen LogP contribution in [0.15, 0.2) is 18.6 Å². The molecule has 0 aromatic carbocycles. The zero-order valence-corrected chi connectivity index (χ0v) is 12.8. The Morgan fingerprint density at radius 3 is 3.00 bits per heavy atom. The number of halogens is 1. The number of hydrogen-bond donors (Lipinski definition) is 4. The third-order valence-corrected chi connectivity index (χ3v) is 4.60. The van der Waals surface area contributed by atoms with Gasteiger partial charge in [0.15, 0.2) is 6.23 Å². The Hall–Kier alpha value is -2.07. The summed E-state index contributed by atoms with van der Waals surface area (Å²) < 4.78 is 21.4. The van der Waals surface area contributed by atoms with Crippen molar-refractivity contribution in [2.75, 3.05) is 18.5 Å². The fourth-order valence-corrected chi connectivity index (χ4v) is 3.32. The Bertz CT molecular complexity index is 834. The maximum absolute atomic E-state index is 14.4. The molecule has 0 saturated carbocycles. The van der Waals surface area contributed by atoms with Gasteiger partial charge in [0.2, 0.25) is 0 Å². The number of aliphatic hydroxyl groups excluding tert-OH is 2. The molecule has 0 amide bonds. The maximum Gasteiger partial charge on any atom is 0.167 e. The molecule has 2 aliphatic rings. The van der Waals surface area contributed by atoms with Gasteiger partial charge in [0.25, 0.3) is 0 Å². The Kier molecular flexibility index (Phi) is 3.36. The van der Waals surface area contributed by atoms with Crippen LogP contribution in [0.4, 0.5) is 10.2 Å². The van der Waals surface area contributed by atoms with Crippen LogP contribution in [0, 0.1) is 0 Å². The topological polar surface area (TPSA) is 113 Å². The van der Waals surface area contributed by atoms with Crippen LogP contribution in [-0.4, -0.2) is 60.8 Å². The highest BCUT2D eigenvalue weighted by atomic mass is 19.1. The van der Waals surface area contributed by atoms with E-state index in [1.165, 1.54) is 30.1 Å². The van der Waals surface area contributed by atoms with E-state index in [1.807, 2.05) is 0 Å². The van der Waals surface area contributed by atoms with Crippen LogP contribution in [-0.2, 0) is 4.74 Å². The van der Waals surface area contributed by atoms with Gasteiger partial charge in [0.1, 0.15) is 41.4 Å². The lowest BCUT2D eigenvalue weighted by Gasteiger charge is -2.27. The SMILES string of the molecule is C[C@@]1(O)[C@H](O)[C@@H](CO)O[C@H]1n1cc2c3c(ncnc31)NCC=C2F. The molecule has 0 bridgehead atoms. The van der Waals surface area contributed by atoms with Crippen molar-refractivity contribution in [1.82, 2.24) is 14.5 Å². The first-order chi connectivity index (χ1) is 11.4. The van der Waals surface area contributed by atoms with Crippen LogP contribution in [0.2, 0.25) is 0 Å². The number of nitrogens with one attached hydrogen (secondary N) is 1. The molecule has 4 heterocycles. The van der Waals surface area contributed by atoms with Gasteiger partial charge in [0.05, 0.1) is 12.0 Å². The van der Waals surface area contributed by atoms with Gasteiger partial charge >= 0.3 is 0 Å². The fraction of sp³-hybridized carbons (Fsp3) is 0.467. The van der Waals surface area contributed by atoms with Crippen molar-refractivity contribution < 1.29 is 24.4 Å². The standard InChI is InChI=1S/C15H17FN4O4/c1-15(23)11(22)9(5-21)24-14(15)20-4-7-8(16)2-3-17-12-10(7)13(20)19-6-18-12/h2,4,6,9,11,14,21-23H,3,5H2,1H3,(H,17,18,19)/t9-,11-,14-,15-/m1/s1. The molecular formula is C15H17FN4O4. The normalized spacial score (nSPS) is 32.5. The first kappa shape index (κ1) is 15.5. The molecular weight excluding hydrogens is 319 g/mol. The highest BCUT2D eigenvalue weighted by molar-refractivity contribution is 5.98. The molecule has 4 atom stereocenters. The second-order valence-electron chi connectivity index (χ2n) is 6.18. The number of aliphatic hydroxyl groups is 3. The monoisotopic (exact) mass is 336 g/mol. The van der Waals surface area contributed by atoms with Crippen LogP contribution >= 0.6 is 0 Å². The number of hydrogen-bond acceptors (Lipinski definition) is 7. The minimum Gasteiger partial charge on any atom is -0.394 e. The summed E-state index contributed by atoms with van der Waals surface area (Å²) in [5.41, 5.74) is -1.03. The van der Waals surface area contributed by atoms with E-state index in [-0.39, 0.29) is 5.56 Å². The van der Waals surface area contributed by atoms with Crippen LogP contribution in [0.1, 0.15) is 18.7 Å². The molecule has 0 unspecified atom stereocenters. The van der Waals surface area contributed by atoms with E-state index in [0.29, 0.717) is 23.4 Å². The number of aromatic nitrogens is 3. The van der Waals surface area contributed by atoms with Gasteiger partial charge in [0, 0.05) is 18.3 Å². The van der Waals surface area contributed by atoms with Crippen molar-refractivity contribution >= 4 is 22.7 Å². The summed E-state index contributed by atoms with van der Waals surface area (Å²) in [6.45, 7) is 1.26. The minimum atomic E-state index is -1.68. The summed E-state index contributed by atoms with van der Waals surface area (Å²) in [4.78, 5) is 8.32. The van der Waals surface area contributed by atoms with Gasteiger partial charge in [-0.15, -0.1) is 0 Å². The molecule has 9 heteroatoms. The molecule has 1 fully saturated rings. The first-order valence-electron chi connectivity index (χ1n) is 7.57. The average Bonchev–Trinajstić information content (AvgIpc) is 2.98. The molecule has 24 heavy (non-hydrogen) atoms. The summed E-state index contributed by atoms with van der Waals surface area (Å²) in [5.74, 6) is 0.0474. The van der Waals surface area contributed by atoms with E-state index in [0.717, 1.165) is 0 Å². The zero-order valence-electron chi connectivity index (χ0n) is 12.8. The van der Waals surface area contributed by atoms with E-state index in [1.54, 1.807) is 0 Å². The third kappa shape index (κ3) is 1.99. The highest BCUT2D eigenvalue weighted by Gasteiger charge is 2.53. The molecule has 0 aliphatic carbocycles. The predicted molar refractivity (Wildman–Crippen MR) is 82.7 cm³/mol. The van der Waals surface area contributed by atoms with Crippen molar-refractivity contribution in [3.63, 3.8) is 0 Å². The van der Waals surface area contributed by atoms with Crippen LogP contribution in [0.5, 0.6) is 0 Å². The van der Waals surface area contributed by atoms with E-state index in [9.17, 15) is 19.7 Å². The number of anilines is 1. The van der Waals surface area contributed by atoms with Gasteiger partial charge in [-0.2, -0.15) is 0 Å². The Balaban J connectivity index is 1.92. The summed E-state index contributed by atoms with van der Waals surface area (Å²) in [6, 6.07) is 0. The van der Waals surface area contributed by atoms with Crippen LogP contribution < -0.4 is 5.32 Å². The van der Waals surface area contributed by atoms with Gasteiger partial charge in [-0.3, -0.25) is 0 Å². The van der Waals surface area contributed by atoms with Crippen molar-refractivity contribution in [3.05, 3.63) is 24.2 Å². The predicted octanol–water partition coefficient (Wildman–Crippen LogP) is 0.169. The van der Waals surface area contributed by atoms with Crippen molar-refractivity contribution in [2.24, 2.45) is 0 Å². The lowest BCUT2D eigenvalue weighted by molar-refractivity contribution is -0.0948. The van der Waals surface area contributed by atoms with Crippen molar-refractivity contribution in [2.45, 2.75) is 31.0 Å². The molecule has 8 nitrogen and oxygen atoms in total. The van der Waals surface area contributed by atoms with E-state index < -0.39 is 36.5 Å². The zero-order chi connectivity index (χ0) is 17.1. The van der Waals surface area contributed by atoms with E-state index >= 15 is 0 Å². The number of nitrogens with zero attached hydrogens (tertiary/aromatic N) is 3. The number of rotatable bonds is 2. The van der Waals surface area contributed by atoms with Crippen molar-refractivity contribution in [3.8, 4) is 0 Å². The second kappa shape index (κ2) is 5.21. The third-order valence-electron chi connectivity index (χ3n) is 4.60. The smallest absolute Gasteiger partial charge is 0.167 e. The first-order valence-corrected chi connectivity index (χ1v) is 7.57. The van der Waals surface area contributed by atoms with Crippen LogP contribution in [0.25, 0.3) is 16.9 Å². The summed E-state index contributed by atoms with van der Waals surface area (Å²) in [7, 11) is 0. The Morgan fingerprint density at radius 1 is 1.50 bits per heavy atom. The van der Waals surface area contributed by atoms with E-state index in [2.05, 4.69) is 15.3 Å². The summed E-state index contributed by atoms with van der Waals surface area (Å²) in [6.07, 6.45) is 0.931.